The van der Waals surface area contributed by atoms with Crippen LogP contribution >= 0.6 is 34.8 Å². The first-order valence-corrected chi connectivity index (χ1v) is 11.0. The smallest absolute Gasteiger partial charge is 0.262 e. The Hall–Kier alpha value is -2.32. The normalized spacial score (nSPS) is 11.2. The number of benzene rings is 3. The van der Waals surface area contributed by atoms with E-state index in [9.17, 15) is 17.6 Å². The molecule has 0 radical (unpaired) electrons. The molecule has 0 aliphatic heterocycles. The second-order valence-electron chi connectivity index (χ2n) is 6.28. The first-order valence-electron chi connectivity index (χ1n) is 8.42. The van der Waals surface area contributed by atoms with Crippen LogP contribution in [0.1, 0.15) is 15.9 Å². The average Bonchev–Trinajstić information content (AvgIpc) is 2.66. The minimum atomic E-state index is -4.08. The van der Waals surface area contributed by atoms with E-state index in [1.165, 1.54) is 30.3 Å². The van der Waals surface area contributed by atoms with Gasteiger partial charge in [-0.2, -0.15) is 0 Å². The first kappa shape index (κ1) is 22.4. The molecule has 5 nitrogen and oxygen atoms in total. The number of aryl methyl sites for hydroxylation is 1. The molecule has 0 heterocycles. The zero-order chi connectivity index (χ0) is 22.1. The number of hydrogen-bond donors (Lipinski definition) is 2. The highest BCUT2D eigenvalue weighted by molar-refractivity contribution is 7.92. The topological polar surface area (TPSA) is 75.3 Å². The molecule has 0 saturated heterocycles. The Labute approximate surface area is 187 Å². The van der Waals surface area contributed by atoms with Crippen LogP contribution in [0.2, 0.25) is 15.1 Å². The van der Waals surface area contributed by atoms with E-state index >= 15 is 0 Å². The molecule has 0 saturated carbocycles. The molecular weight excluding hydrogens is 474 g/mol. The van der Waals surface area contributed by atoms with E-state index in [-0.39, 0.29) is 26.9 Å². The summed E-state index contributed by atoms with van der Waals surface area (Å²) in [5.41, 5.74) is 0.809. The number of anilines is 2. The molecule has 0 aromatic heterocycles. The summed E-state index contributed by atoms with van der Waals surface area (Å²) in [6.07, 6.45) is 0. The quantitative estimate of drug-likeness (QED) is 0.453. The molecule has 30 heavy (non-hydrogen) atoms. The summed E-state index contributed by atoms with van der Waals surface area (Å²) in [7, 11) is -4.08. The van der Waals surface area contributed by atoms with Crippen molar-refractivity contribution in [2.75, 3.05) is 10.0 Å². The highest BCUT2D eigenvalue weighted by atomic mass is 35.5. The molecule has 0 aliphatic carbocycles. The molecule has 0 fully saturated rings. The lowest BCUT2D eigenvalue weighted by Gasteiger charge is -2.12. The van der Waals surface area contributed by atoms with E-state index in [1.54, 1.807) is 19.1 Å². The summed E-state index contributed by atoms with van der Waals surface area (Å²) in [6.45, 7) is 1.70. The van der Waals surface area contributed by atoms with Gasteiger partial charge in [0.05, 0.1) is 26.9 Å². The maximum Gasteiger partial charge on any atom is 0.262 e. The summed E-state index contributed by atoms with van der Waals surface area (Å²) in [5.74, 6) is -1.60. The predicted octanol–water partition coefficient (Wildman–Crippen LogP) is 6.15. The van der Waals surface area contributed by atoms with E-state index in [2.05, 4.69) is 10.0 Å². The molecule has 0 atom stereocenters. The highest BCUT2D eigenvalue weighted by Gasteiger charge is 2.19. The van der Waals surface area contributed by atoms with Crippen molar-refractivity contribution in [1.29, 1.82) is 0 Å². The minimum absolute atomic E-state index is 0.0928. The van der Waals surface area contributed by atoms with Gasteiger partial charge in [-0.1, -0.05) is 40.9 Å². The summed E-state index contributed by atoms with van der Waals surface area (Å²) < 4.78 is 42.1. The number of hydrogen-bond acceptors (Lipinski definition) is 3. The Morgan fingerprint density at radius 2 is 1.57 bits per heavy atom. The van der Waals surface area contributed by atoms with Crippen molar-refractivity contribution in [2.45, 2.75) is 11.8 Å². The van der Waals surface area contributed by atoms with Crippen molar-refractivity contribution in [1.82, 2.24) is 0 Å². The number of nitrogens with one attached hydrogen (secondary N) is 2. The fraction of sp³-hybridized carbons (Fsp3) is 0.0500. The summed E-state index contributed by atoms with van der Waals surface area (Å²) in [5, 5.41) is 3.15. The molecular formula is C20H14Cl3FN2O3S. The number of carbonyl (C=O) groups is 1. The standard InChI is InChI=1S/C20H14Cl3FN2O3S/c1-11-2-3-13(22)9-19(11)26-30(28,29)14-5-7-18(17(24)10-14)25-20(27)15-6-4-12(21)8-16(15)23/h2-10,26H,1H3,(H,25,27). The lowest BCUT2D eigenvalue weighted by atomic mass is 10.2. The van der Waals surface area contributed by atoms with Crippen LogP contribution < -0.4 is 10.0 Å². The molecule has 10 heteroatoms. The molecule has 0 aliphatic rings. The number of carbonyl (C=O) groups excluding carboxylic acids is 1. The summed E-state index contributed by atoms with van der Waals surface area (Å²) >= 11 is 17.7. The van der Waals surface area contributed by atoms with Gasteiger partial charge in [0.1, 0.15) is 5.82 Å². The third kappa shape index (κ3) is 5.05. The Morgan fingerprint density at radius 3 is 2.23 bits per heavy atom. The van der Waals surface area contributed by atoms with Gasteiger partial charge in [-0.3, -0.25) is 9.52 Å². The largest absolute Gasteiger partial charge is 0.319 e. The SMILES string of the molecule is Cc1ccc(Cl)cc1NS(=O)(=O)c1ccc(NC(=O)c2ccc(Cl)cc2Cl)c(F)c1. The lowest BCUT2D eigenvalue weighted by molar-refractivity contribution is 0.102. The predicted molar refractivity (Wildman–Crippen MR) is 118 cm³/mol. The fourth-order valence-electron chi connectivity index (χ4n) is 2.54. The lowest BCUT2D eigenvalue weighted by Crippen LogP contribution is -2.16. The monoisotopic (exact) mass is 486 g/mol. The van der Waals surface area contributed by atoms with E-state index in [0.29, 0.717) is 15.6 Å². The number of amides is 1. The number of rotatable bonds is 5. The van der Waals surface area contributed by atoms with Crippen molar-refractivity contribution < 1.29 is 17.6 Å². The molecule has 0 bridgehead atoms. The van der Waals surface area contributed by atoms with Crippen LogP contribution in [-0.2, 0) is 10.0 Å². The van der Waals surface area contributed by atoms with Crippen molar-refractivity contribution in [2.24, 2.45) is 0 Å². The number of sulfonamides is 1. The molecule has 2 N–H and O–H groups in total. The van der Waals surface area contributed by atoms with Crippen LogP contribution in [0.25, 0.3) is 0 Å². The Balaban J connectivity index is 1.83. The molecule has 3 aromatic carbocycles. The van der Waals surface area contributed by atoms with Gasteiger partial charge in [-0.25, -0.2) is 12.8 Å². The number of halogens is 4. The van der Waals surface area contributed by atoms with Crippen LogP contribution in [0.4, 0.5) is 15.8 Å². The Morgan fingerprint density at radius 1 is 0.900 bits per heavy atom. The third-order valence-electron chi connectivity index (χ3n) is 4.12. The third-order valence-corrected chi connectivity index (χ3v) is 6.26. The van der Waals surface area contributed by atoms with E-state index in [4.69, 9.17) is 34.8 Å². The van der Waals surface area contributed by atoms with Crippen LogP contribution in [0.3, 0.4) is 0 Å². The first-order chi connectivity index (χ1) is 14.1. The zero-order valence-corrected chi connectivity index (χ0v) is 18.4. The molecule has 0 unspecified atom stereocenters. The minimum Gasteiger partial charge on any atom is -0.319 e. The van der Waals surface area contributed by atoms with Crippen LogP contribution in [0.15, 0.2) is 59.5 Å². The average molecular weight is 488 g/mol. The maximum atomic E-state index is 14.5. The van der Waals surface area contributed by atoms with Gasteiger partial charge in [-0.15, -0.1) is 0 Å². The fourth-order valence-corrected chi connectivity index (χ4v) is 4.34. The Bertz CT molecular complexity index is 1250. The van der Waals surface area contributed by atoms with Crippen molar-refractivity contribution in [3.05, 3.63) is 86.6 Å². The maximum absolute atomic E-state index is 14.5. The summed E-state index contributed by atoms with van der Waals surface area (Å²) in [6, 6.07) is 12.1. The van der Waals surface area contributed by atoms with Crippen molar-refractivity contribution in [3.63, 3.8) is 0 Å². The Kier molecular flexibility index (Phi) is 6.57. The molecule has 1 amide bonds. The van der Waals surface area contributed by atoms with Crippen molar-refractivity contribution >= 4 is 62.1 Å². The molecule has 3 aromatic rings. The molecule has 0 spiro atoms. The summed E-state index contributed by atoms with van der Waals surface area (Å²) in [4.78, 5) is 12.0. The van der Waals surface area contributed by atoms with Gasteiger partial charge in [0.25, 0.3) is 15.9 Å². The molecule has 156 valence electrons. The van der Waals surface area contributed by atoms with Crippen LogP contribution in [0.5, 0.6) is 0 Å². The van der Waals surface area contributed by atoms with Gasteiger partial charge in [0.15, 0.2) is 0 Å². The van der Waals surface area contributed by atoms with Crippen LogP contribution in [-0.4, -0.2) is 14.3 Å². The van der Waals surface area contributed by atoms with E-state index < -0.39 is 21.7 Å². The van der Waals surface area contributed by atoms with Gasteiger partial charge >= 0.3 is 0 Å². The van der Waals surface area contributed by atoms with Gasteiger partial charge in [0.2, 0.25) is 0 Å². The van der Waals surface area contributed by atoms with Gasteiger partial charge in [0, 0.05) is 10.0 Å². The zero-order valence-electron chi connectivity index (χ0n) is 15.3. The highest BCUT2D eigenvalue weighted by Crippen LogP contribution is 2.26. The molecule has 3 rings (SSSR count). The van der Waals surface area contributed by atoms with Crippen molar-refractivity contribution in [3.8, 4) is 0 Å². The van der Waals surface area contributed by atoms with Crippen LogP contribution in [0, 0.1) is 12.7 Å². The second-order valence-corrected chi connectivity index (χ2v) is 9.25. The van der Waals surface area contributed by atoms with Gasteiger partial charge in [-0.05, 0) is 61.0 Å². The van der Waals surface area contributed by atoms with E-state index in [1.807, 2.05) is 0 Å². The second kappa shape index (κ2) is 8.81. The van der Waals surface area contributed by atoms with E-state index in [0.717, 1.165) is 12.1 Å². The van der Waals surface area contributed by atoms with Gasteiger partial charge < -0.3 is 5.32 Å².